The van der Waals surface area contributed by atoms with Crippen LogP contribution in [0.25, 0.3) is 107 Å². The molecule has 506 valence electrons. The highest BCUT2D eigenvalue weighted by Gasteiger charge is 2.47. The zero-order valence-electron chi connectivity index (χ0n) is 62.2. The molecule has 0 atom stereocenters. The van der Waals surface area contributed by atoms with E-state index in [9.17, 15) is 0 Å². The van der Waals surface area contributed by atoms with E-state index in [4.69, 9.17) is 0 Å². The van der Waals surface area contributed by atoms with Gasteiger partial charge in [-0.05, 0) is 164 Å². The van der Waals surface area contributed by atoms with Gasteiger partial charge in [0.1, 0.15) is 0 Å². The van der Waals surface area contributed by atoms with E-state index < -0.39 is 0 Å². The Morgan fingerprint density at radius 3 is 0.883 bits per heavy atom. The highest BCUT2D eigenvalue weighted by Crippen LogP contribution is 2.59. The fourth-order valence-electron chi connectivity index (χ4n) is 16.2. The van der Waals surface area contributed by atoms with E-state index >= 15 is 0 Å². The Kier molecular flexibility index (Phi) is 15.6. The van der Waals surface area contributed by atoms with Gasteiger partial charge in [0.15, 0.2) is 0 Å². The molecule has 0 saturated heterocycles. The molecule has 0 bridgehead atoms. The highest BCUT2D eigenvalue weighted by molar-refractivity contribution is 7.27. The largest absolute Gasteiger partial charge is 0.310 e. The second kappa shape index (κ2) is 24.3. The Morgan fingerprint density at radius 2 is 0.553 bits per heavy atom. The minimum absolute atomic E-state index is 0.0896. The van der Waals surface area contributed by atoms with E-state index in [0.29, 0.717) is 0 Å². The highest BCUT2D eigenvalue weighted by atomic mass is 32.1. The van der Waals surface area contributed by atoms with Gasteiger partial charge in [-0.25, -0.2) is 0 Å². The van der Waals surface area contributed by atoms with Gasteiger partial charge in [-0.3, -0.25) is 0 Å². The van der Waals surface area contributed by atoms with Gasteiger partial charge in [0, 0.05) is 85.3 Å². The van der Waals surface area contributed by atoms with Gasteiger partial charge in [0.2, 0.25) is 0 Å². The predicted octanol–water partition coefficient (Wildman–Crippen LogP) is 27.0. The fraction of sp³-hybridized carbons (Fsp3) is 0.204. The second-order valence-corrected chi connectivity index (χ2v) is 36.2. The minimum Gasteiger partial charge on any atom is -0.310 e. The molecular weight excluding hydrogens is 1280 g/mol. The SMILES string of the molecule is CC(C)(C)c1cc(-c2ccc3c(c2)N(c2c(-c4ccccc4)cc(-c4ccccc4)c4sc5ccccc5c24)c2cc(C(C)(C)C)cc4c2B3c2ccc(-c3cc(C(C)(C)C)cc(C(C)(C)C)c3)cc2N4c2c(-c3ccccc3)cc(-c3ccccc3)c3sc4ccccc4c23)cc(C(C)(C)C)c1. The summed E-state index contributed by atoms with van der Waals surface area (Å²) in [5.74, 6) is 0. The summed E-state index contributed by atoms with van der Waals surface area (Å²) >= 11 is 3.84. The summed E-state index contributed by atoms with van der Waals surface area (Å²) in [6.07, 6.45) is 0. The van der Waals surface area contributed by atoms with Crippen LogP contribution >= 0.6 is 22.7 Å². The standard InChI is InChI=1S/C98H89BN2S2/c1-94(2,3)68-48-66(49-69(54-68)95(4,5)6)64-44-46-79-81(52-64)100(90-75(60-32-20-16-21-33-60)58-77(62-36-24-18-25-37-62)92-87(90)73-40-28-30-42-85(73)102-92)83-56-72(98(13,14)15)57-84-89(83)99(79)80-47-45-65(67-50-70(96(7,8)9)55-71(51-67)97(10,11)12)53-82(80)101(84)91-76(61-34-22-17-23-35-61)59-78(63-38-26-19-27-39-63)93-88(91)74-41-29-31-43-86(74)103-93/h16-59H,1-15H3. The van der Waals surface area contributed by atoms with Crippen LogP contribution in [0.3, 0.4) is 0 Å². The molecular formula is C98H89BN2S2. The zero-order valence-corrected chi connectivity index (χ0v) is 63.8. The molecule has 0 spiro atoms. The number of rotatable bonds is 8. The van der Waals surface area contributed by atoms with E-state index in [2.05, 4.69) is 381 Å². The van der Waals surface area contributed by atoms with E-state index in [1.54, 1.807) is 0 Å². The molecule has 13 aromatic carbocycles. The number of thiophene rings is 2. The van der Waals surface area contributed by atoms with Crippen molar-refractivity contribution in [1.29, 1.82) is 0 Å². The Balaban J connectivity index is 1.08. The first-order valence-electron chi connectivity index (χ1n) is 36.8. The first-order valence-corrected chi connectivity index (χ1v) is 38.5. The van der Waals surface area contributed by atoms with E-state index in [0.717, 1.165) is 0 Å². The van der Waals surface area contributed by atoms with Crippen molar-refractivity contribution in [2.75, 3.05) is 9.80 Å². The smallest absolute Gasteiger partial charge is 0.252 e. The Morgan fingerprint density at radius 1 is 0.252 bits per heavy atom. The maximum Gasteiger partial charge on any atom is 0.252 e. The molecule has 4 heterocycles. The lowest BCUT2D eigenvalue weighted by molar-refractivity contribution is 0.568. The first-order chi connectivity index (χ1) is 49.2. The van der Waals surface area contributed by atoms with Crippen molar-refractivity contribution in [3.63, 3.8) is 0 Å². The number of benzene rings is 13. The summed E-state index contributed by atoms with van der Waals surface area (Å²) in [6, 6.07) is 104. The Labute approximate surface area is 618 Å². The van der Waals surface area contributed by atoms with Crippen LogP contribution < -0.4 is 26.2 Å². The van der Waals surface area contributed by atoms with Crippen molar-refractivity contribution in [2.24, 2.45) is 0 Å². The summed E-state index contributed by atoms with van der Waals surface area (Å²) in [5, 5.41) is 5.02. The molecule has 0 saturated carbocycles. The van der Waals surface area contributed by atoms with Crippen LogP contribution in [-0.4, -0.2) is 6.71 Å². The zero-order chi connectivity index (χ0) is 71.4. The predicted molar refractivity (Wildman–Crippen MR) is 452 cm³/mol. The molecule has 2 aliphatic heterocycles. The molecule has 0 N–H and O–H groups in total. The van der Waals surface area contributed by atoms with Gasteiger partial charge >= 0.3 is 0 Å². The number of hydrogen-bond acceptors (Lipinski definition) is 4. The number of anilines is 6. The third-order valence-electron chi connectivity index (χ3n) is 22.0. The molecule has 15 aromatic rings. The number of nitrogens with zero attached hydrogens (tertiary/aromatic N) is 2. The first kappa shape index (κ1) is 66.2. The van der Waals surface area contributed by atoms with Crippen molar-refractivity contribution < 1.29 is 0 Å². The molecule has 2 aromatic heterocycles. The van der Waals surface area contributed by atoms with Gasteiger partial charge in [-0.15, -0.1) is 22.7 Å². The molecule has 17 rings (SSSR count). The second-order valence-electron chi connectivity index (χ2n) is 34.1. The van der Waals surface area contributed by atoms with Crippen LogP contribution in [0.4, 0.5) is 34.1 Å². The van der Waals surface area contributed by atoms with Crippen LogP contribution in [0.1, 0.15) is 132 Å². The maximum absolute atomic E-state index is 2.79. The third kappa shape index (κ3) is 11.4. The Bertz CT molecular complexity index is 5460. The lowest BCUT2D eigenvalue weighted by Crippen LogP contribution is -2.61. The Hall–Kier alpha value is -10.0. The summed E-state index contributed by atoms with van der Waals surface area (Å²) in [5.41, 5.74) is 31.3. The summed E-state index contributed by atoms with van der Waals surface area (Å²) in [6.45, 7) is 35.4. The molecule has 2 nitrogen and oxygen atoms in total. The van der Waals surface area contributed by atoms with Crippen molar-refractivity contribution in [3.8, 4) is 66.8 Å². The summed E-state index contributed by atoms with van der Waals surface area (Å²) in [4.78, 5) is 5.58. The summed E-state index contributed by atoms with van der Waals surface area (Å²) in [7, 11) is 0. The number of hydrogen-bond donors (Lipinski definition) is 0. The van der Waals surface area contributed by atoms with Gasteiger partial charge in [0.25, 0.3) is 6.71 Å². The van der Waals surface area contributed by atoms with Gasteiger partial charge in [-0.1, -0.05) is 322 Å². The fourth-order valence-corrected chi connectivity index (χ4v) is 18.6. The topological polar surface area (TPSA) is 6.48 Å². The van der Waals surface area contributed by atoms with Gasteiger partial charge in [-0.2, -0.15) is 0 Å². The third-order valence-corrected chi connectivity index (χ3v) is 24.4. The molecule has 103 heavy (non-hydrogen) atoms. The molecule has 5 heteroatoms. The molecule has 0 unspecified atom stereocenters. The molecule has 2 aliphatic rings. The van der Waals surface area contributed by atoms with Crippen molar-refractivity contribution >= 4 is 120 Å². The van der Waals surface area contributed by atoms with Gasteiger partial charge < -0.3 is 9.80 Å². The normalized spacial score (nSPS) is 13.3. The van der Waals surface area contributed by atoms with Crippen molar-refractivity contribution in [2.45, 2.75) is 131 Å². The average molecular weight is 1370 g/mol. The molecule has 0 amide bonds. The average Bonchev–Trinajstić information content (AvgIpc) is 1.53. The van der Waals surface area contributed by atoms with Crippen molar-refractivity contribution in [3.05, 3.63) is 295 Å². The lowest BCUT2D eigenvalue weighted by atomic mass is 9.33. The minimum atomic E-state index is -0.316. The van der Waals surface area contributed by atoms with Crippen LogP contribution in [0, 0.1) is 0 Å². The molecule has 0 aliphatic carbocycles. The van der Waals surface area contributed by atoms with Gasteiger partial charge in [0.05, 0.1) is 11.4 Å². The molecule has 0 fully saturated rings. The van der Waals surface area contributed by atoms with E-state index in [1.165, 1.54) is 185 Å². The van der Waals surface area contributed by atoms with Crippen LogP contribution in [0.2, 0.25) is 0 Å². The number of fused-ring (bicyclic) bond motifs is 10. The quantitative estimate of drug-likeness (QED) is 0.140. The summed E-state index contributed by atoms with van der Waals surface area (Å²) < 4.78 is 5.08. The molecule has 0 radical (unpaired) electrons. The van der Waals surface area contributed by atoms with Crippen LogP contribution in [-0.2, 0) is 27.1 Å². The maximum atomic E-state index is 2.79. The monoisotopic (exact) mass is 1370 g/mol. The van der Waals surface area contributed by atoms with Crippen LogP contribution in [0.5, 0.6) is 0 Å². The lowest BCUT2D eigenvalue weighted by Gasteiger charge is -2.46. The van der Waals surface area contributed by atoms with Crippen molar-refractivity contribution in [1.82, 2.24) is 0 Å². The van der Waals surface area contributed by atoms with E-state index in [-0.39, 0.29) is 33.8 Å². The van der Waals surface area contributed by atoms with E-state index in [1.807, 2.05) is 22.7 Å². The van der Waals surface area contributed by atoms with Crippen LogP contribution in [0.15, 0.2) is 267 Å².